The van der Waals surface area contributed by atoms with Gasteiger partial charge < -0.3 is 28.8 Å². The van der Waals surface area contributed by atoms with Gasteiger partial charge in [0.25, 0.3) is 0 Å². The highest BCUT2D eigenvalue weighted by Crippen LogP contribution is 2.37. The van der Waals surface area contributed by atoms with E-state index in [1.807, 2.05) is 60.7 Å². The third-order valence-electron chi connectivity index (χ3n) is 7.50. The summed E-state index contributed by atoms with van der Waals surface area (Å²) in [6, 6.07) is 19.5. The van der Waals surface area contributed by atoms with Crippen molar-refractivity contribution in [3.05, 3.63) is 108 Å². The van der Waals surface area contributed by atoms with Gasteiger partial charge >= 0.3 is 5.97 Å². The standard InChI is InChI=1S/C32H32F3N3O7/c1-41-30-27(38-15-24(36-37-38)21-13-22(33)26(35)23(34)14-21)29(44-17-20-11-7-4-8-12-20)25(45-31(30)28(39)32(40)42-2)18-43-16-19-9-5-3-6-10-19/h3-15,25,27-31,39H,16-18H2,1-2H3/t25?,27?,28-,29?,30?,31?/m0/s1. The molecule has 1 aliphatic heterocycles. The van der Waals surface area contributed by atoms with Crippen LogP contribution >= 0.6 is 0 Å². The number of hydrogen-bond acceptors (Lipinski definition) is 9. The zero-order valence-electron chi connectivity index (χ0n) is 24.5. The maximum atomic E-state index is 14.1. The van der Waals surface area contributed by atoms with Gasteiger partial charge in [-0.1, -0.05) is 65.9 Å². The number of nitrogens with zero attached hydrogens (tertiary/aromatic N) is 3. The second kappa shape index (κ2) is 14.8. The smallest absolute Gasteiger partial charge is 0.337 e. The Labute approximate surface area is 257 Å². The molecular formula is C32H32F3N3O7. The van der Waals surface area contributed by atoms with Gasteiger partial charge in [0.05, 0.1) is 33.1 Å². The first kappa shape index (κ1) is 32.3. The Morgan fingerprint density at radius 2 is 1.58 bits per heavy atom. The van der Waals surface area contributed by atoms with Crippen LogP contribution < -0.4 is 0 Å². The fraction of sp³-hybridized carbons (Fsp3) is 0.344. The molecule has 1 aromatic heterocycles. The fourth-order valence-electron chi connectivity index (χ4n) is 5.27. The van der Waals surface area contributed by atoms with Crippen LogP contribution in [0.4, 0.5) is 13.2 Å². The van der Waals surface area contributed by atoms with Gasteiger partial charge in [0.2, 0.25) is 0 Å². The maximum Gasteiger partial charge on any atom is 0.337 e. The number of carbonyl (C=O) groups is 1. The summed E-state index contributed by atoms with van der Waals surface area (Å²) in [6.07, 6.45) is -4.48. The minimum absolute atomic E-state index is 0.0258. The zero-order chi connectivity index (χ0) is 31.9. The molecule has 13 heteroatoms. The lowest BCUT2D eigenvalue weighted by Gasteiger charge is -2.46. The number of aliphatic hydroxyl groups is 1. The van der Waals surface area contributed by atoms with Crippen molar-refractivity contribution >= 4 is 5.97 Å². The highest BCUT2D eigenvalue weighted by molar-refractivity contribution is 5.75. The van der Waals surface area contributed by atoms with Crippen molar-refractivity contribution in [1.82, 2.24) is 15.0 Å². The average molecular weight is 628 g/mol. The number of hydrogen-bond donors (Lipinski definition) is 1. The van der Waals surface area contributed by atoms with E-state index in [1.165, 1.54) is 18.0 Å². The molecular weight excluding hydrogens is 595 g/mol. The molecule has 0 radical (unpaired) electrons. The summed E-state index contributed by atoms with van der Waals surface area (Å²) in [4.78, 5) is 12.5. The van der Waals surface area contributed by atoms with E-state index in [-0.39, 0.29) is 31.1 Å². The van der Waals surface area contributed by atoms with Crippen molar-refractivity contribution < 1.29 is 46.8 Å². The lowest BCUT2D eigenvalue weighted by atomic mass is 9.89. The number of aromatic nitrogens is 3. The van der Waals surface area contributed by atoms with Gasteiger partial charge in [-0.2, -0.15) is 0 Å². The second-order valence-corrected chi connectivity index (χ2v) is 10.4. The summed E-state index contributed by atoms with van der Waals surface area (Å²) in [5, 5.41) is 19.2. The molecule has 5 unspecified atom stereocenters. The summed E-state index contributed by atoms with van der Waals surface area (Å²) >= 11 is 0. The number of esters is 1. The molecule has 45 heavy (non-hydrogen) atoms. The lowest BCUT2D eigenvalue weighted by Crippen LogP contribution is -2.61. The summed E-state index contributed by atoms with van der Waals surface area (Å²) in [5.41, 5.74) is 1.72. The Bertz CT molecular complexity index is 1540. The molecule has 0 aliphatic carbocycles. The van der Waals surface area contributed by atoms with Crippen LogP contribution in [0.5, 0.6) is 0 Å². The monoisotopic (exact) mass is 627 g/mol. The van der Waals surface area contributed by atoms with Gasteiger partial charge in [-0.3, -0.25) is 0 Å². The number of benzene rings is 3. The van der Waals surface area contributed by atoms with Gasteiger partial charge in [-0.25, -0.2) is 22.6 Å². The first-order chi connectivity index (χ1) is 21.8. The molecule has 1 fully saturated rings. The first-order valence-corrected chi connectivity index (χ1v) is 14.1. The van der Waals surface area contributed by atoms with Crippen molar-refractivity contribution in [1.29, 1.82) is 0 Å². The van der Waals surface area contributed by atoms with Gasteiger partial charge in [0.1, 0.15) is 36.2 Å². The van der Waals surface area contributed by atoms with Crippen molar-refractivity contribution in [3.63, 3.8) is 0 Å². The molecule has 1 N–H and O–H groups in total. The highest BCUT2D eigenvalue weighted by Gasteiger charge is 2.52. The Hall–Kier alpha value is -4.14. The Kier molecular flexibility index (Phi) is 10.6. The third-order valence-corrected chi connectivity index (χ3v) is 7.50. The van der Waals surface area contributed by atoms with E-state index in [4.69, 9.17) is 23.7 Å². The summed E-state index contributed by atoms with van der Waals surface area (Å²) in [5.74, 6) is -5.34. The van der Waals surface area contributed by atoms with Crippen LogP contribution in [0.3, 0.4) is 0 Å². The molecule has 1 aliphatic rings. The first-order valence-electron chi connectivity index (χ1n) is 14.1. The normalized spacial score (nSPS) is 22.2. The summed E-state index contributed by atoms with van der Waals surface area (Å²) in [7, 11) is 2.49. The van der Waals surface area contributed by atoms with Crippen LogP contribution in [0.2, 0.25) is 0 Å². The van der Waals surface area contributed by atoms with Crippen LogP contribution in [-0.4, -0.2) is 77.4 Å². The fourth-order valence-corrected chi connectivity index (χ4v) is 5.27. The van der Waals surface area contributed by atoms with Crippen LogP contribution in [-0.2, 0) is 41.7 Å². The minimum atomic E-state index is -1.77. The number of rotatable bonds is 12. The molecule has 0 bridgehead atoms. The van der Waals surface area contributed by atoms with Crippen LogP contribution in [0.15, 0.2) is 79.0 Å². The largest absolute Gasteiger partial charge is 0.467 e. The topological polar surface area (TPSA) is 114 Å². The molecule has 6 atom stereocenters. The van der Waals surface area contributed by atoms with Gasteiger partial charge in [-0.05, 0) is 23.3 Å². The van der Waals surface area contributed by atoms with E-state index >= 15 is 0 Å². The lowest BCUT2D eigenvalue weighted by molar-refractivity contribution is -0.252. The van der Waals surface area contributed by atoms with Gasteiger partial charge in [-0.15, -0.1) is 5.10 Å². The van der Waals surface area contributed by atoms with E-state index in [0.717, 1.165) is 30.4 Å². The predicted molar refractivity (Wildman–Crippen MR) is 153 cm³/mol. The number of methoxy groups -OCH3 is 2. The Balaban J connectivity index is 1.53. The molecule has 5 rings (SSSR count). The molecule has 1 saturated heterocycles. The SMILES string of the molecule is COC(=O)[C@@H](O)C1OC(COCc2ccccc2)C(OCc2ccccc2)C(n2cc(-c3cc(F)c(F)c(F)c3)nn2)C1OC. The van der Waals surface area contributed by atoms with Crippen molar-refractivity contribution in [2.24, 2.45) is 0 Å². The Morgan fingerprint density at radius 1 is 0.956 bits per heavy atom. The summed E-state index contributed by atoms with van der Waals surface area (Å²) in [6.45, 7) is 0.350. The number of carbonyl (C=O) groups excluding carboxylic acids is 1. The third kappa shape index (κ3) is 7.40. The van der Waals surface area contributed by atoms with Gasteiger partial charge in [0.15, 0.2) is 23.6 Å². The maximum absolute atomic E-state index is 14.1. The summed E-state index contributed by atoms with van der Waals surface area (Å²) < 4.78 is 72.4. The van der Waals surface area contributed by atoms with E-state index in [1.54, 1.807) is 0 Å². The predicted octanol–water partition coefficient (Wildman–Crippen LogP) is 4.02. The molecule has 0 saturated carbocycles. The molecule has 2 heterocycles. The number of aliphatic hydroxyl groups excluding tert-OH is 1. The van der Waals surface area contributed by atoms with Gasteiger partial charge in [0, 0.05) is 12.7 Å². The van der Waals surface area contributed by atoms with E-state index < -0.39 is 60.0 Å². The van der Waals surface area contributed by atoms with E-state index in [2.05, 4.69) is 10.3 Å². The molecule has 10 nitrogen and oxygen atoms in total. The molecule has 0 spiro atoms. The van der Waals surface area contributed by atoms with Crippen molar-refractivity contribution in [2.45, 2.75) is 49.8 Å². The highest BCUT2D eigenvalue weighted by atomic mass is 19.2. The number of halogens is 3. The minimum Gasteiger partial charge on any atom is -0.467 e. The van der Waals surface area contributed by atoms with E-state index in [9.17, 15) is 23.1 Å². The zero-order valence-corrected chi connectivity index (χ0v) is 24.5. The average Bonchev–Trinajstić information content (AvgIpc) is 3.56. The number of ether oxygens (including phenoxy) is 5. The molecule has 0 amide bonds. The van der Waals surface area contributed by atoms with Crippen LogP contribution in [0.25, 0.3) is 11.3 Å². The Morgan fingerprint density at radius 3 is 2.18 bits per heavy atom. The van der Waals surface area contributed by atoms with Crippen molar-refractivity contribution in [3.8, 4) is 11.3 Å². The van der Waals surface area contributed by atoms with Crippen LogP contribution in [0, 0.1) is 17.5 Å². The van der Waals surface area contributed by atoms with Crippen molar-refractivity contribution in [2.75, 3.05) is 20.8 Å². The second-order valence-electron chi connectivity index (χ2n) is 10.4. The molecule has 4 aromatic rings. The quantitative estimate of drug-likeness (QED) is 0.184. The molecule has 3 aromatic carbocycles. The molecule has 238 valence electrons. The van der Waals surface area contributed by atoms with E-state index in [0.29, 0.717) is 0 Å². The van der Waals surface area contributed by atoms with Crippen LogP contribution in [0.1, 0.15) is 17.2 Å².